The first-order chi connectivity index (χ1) is 24.3. The smallest absolute Gasteiger partial charge is 0.248 e. The highest BCUT2D eigenvalue weighted by Gasteiger charge is 2.39. The molecule has 7 aromatic carbocycles. The zero-order chi connectivity index (χ0) is 32.9. The van der Waals surface area contributed by atoms with Gasteiger partial charge in [-0.05, 0) is 60.7 Å². The average molecular weight is 634 g/mol. The van der Waals surface area contributed by atoms with Gasteiger partial charge in [-0.25, -0.2) is 0 Å². The Balaban J connectivity index is 1.13. The van der Waals surface area contributed by atoms with E-state index in [2.05, 4.69) is 191 Å². The molecule has 0 saturated carbocycles. The summed E-state index contributed by atoms with van der Waals surface area (Å²) in [7, 11) is 0. The molecule has 0 aliphatic carbocycles. The van der Waals surface area contributed by atoms with E-state index in [4.69, 9.17) is 4.42 Å². The van der Waals surface area contributed by atoms with Crippen molar-refractivity contribution in [3.05, 3.63) is 200 Å². The Morgan fingerprint density at radius 1 is 0.327 bits per heavy atom. The highest BCUT2D eigenvalue weighted by molar-refractivity contribution is 5.82. The number of aromatic nitrogens is 2. The van der Waals surface area contributed by atoms with Gasteiger partial charge in [0.25, 0.3) is 0 Å². The number of rotatable bonds is 9. The van der Waals surface area contributed by atoms with Crippen LogP contribution in [0.4, 0.5) is 39.8 Å². The first kappa shape index (κ1) is 29.8. The van der Waals surface area contributed by atoms with Crippen LogP contribution in [0.5, 0.6) is 0 Å². The fraction of sp³-hybridized carbons (Fsp3) is 0. The zero-order valence-electron chi connectivity index (χ0n) is 26.7. The molecular weight excluding hydrogens is 601 g/mol. The van der Waals surface area contributed by atoms with Gasteiger partial charge in [0.2, 0.25) is 11.8 Å². The van der Waals surface area contributed by atoms with Crippen LogP contribution in [-0.4, -0.2) is 10.2 Å². The van der Waals surface area contributed by atoms with Crippen LogP contribution in [0.3, 0.4) is 0 Å². The normalized spacial score (nSPS) is 11.3. The molecule has 49 heavy (non-hydrogen) atoms. The molecule has 8 rings (SSSR count). The van der Waals surface area contributed by atoms with Crippen molar-refractivity contribution in [3.8, 4) is 22.9 Å². The van der Waals surface area contributed by atoms with Crippen LogP contribution >= 0.6 is 0 Å². The molecule has 5 nitrogen and oxygen atoms in total. The van der Waals surface area contributed by atoms with Crippen molar-refractivity contribution in [2.75, 3.05) is 4.90 Å². The van der Waals surface area contributed by atoms with Gasteiger partial charge in [-0.2, -0.15) is 4.48 Å². The Kier molecular flexibility index (Phi) is 8.08. The summed E-state index contributed by atoms with van der Waals surface area (Å²) >= 11 is 0. The molecule has 0 aliphatic rings. The van der Waals surface area contributed by atoms with Gasteiger partial charge in [-0.15, -0.1) is 10.2 Å². The van der Waals surface area contributed by atoms with E-state index in [1.54, 1.807) is 0 Å². The lowest BCUT2D eigenvalue weighted by molar-refractivity contribution is 0.584. The van der Waals surface area contributed by atoms with Crippen LogP contribution < -0.4 is 9.38 Å². The summed E-state index contributed by atoms with van der Waals surface area (Å²) in [4.78, 5) is 2.23. The third-order valence-corrected chi connectivity index (χ3v) is 8.76. The molecule has 0 aliphatic heterocycles. The predicted octanol–water partition coefficient (Wildman–Crippen LogP) is 12.2. The van der Waals surface area contributed by atoms with Crippen molar-refractivity contribution in [1.29, 1.82) is 0 Å². The number of hydrogen-bond acceptors (Lipinski definition) is 4. The van der Waals surface area contributed by atoms with Gasteiger partial charge in [0.1, 0.15) is 22.7 Å². The summed E-state index contributed by atoms with van der Waals surface area (Å²) in [5, 5.41) is 8.88. The third kappa shape index (κ3) is 5.69. The minimum atomic E-state index is 0.424. The molecule has 8 aromatic rings. The summed E-state index contributed by atoms with van der Waals surface area (Å²) in [6.45, 7) is 0. The Bertz CT molecular complexity index is 2100. The van der Waals surface area contributed by atoms with Gasteiger partial charge >= 0.3 is 0 Å². The predicted molar refractivity (Wildman–Crippen MR) is 200 cm³/mol. The number of anilines is 3. The molecule has 0 N–H and O–H groups in total. The van der Waals surface area contributed by atoms with Crippen molar-refractivity contribution in [2.24, 2.45) is 0 Å². The van der Waals surface area contributed by atoms with Crippen LogP contribution in [0.1, 0.15) is 0 Å². The first-order valence-electron chi connectivity index (χ1n) is 16.3. The molecule has 234 valence electrons. The largest absolute Gasteiger partial charge is 0.416 e. The van der Waals surface area contributed by atoms with Crippen LogP contribution in [0, 0.1) is 0 Å². The van der Waals surface area contributed by atoms with Crippen LogP contribution in [-0.2, 0) is 0 Å². The Labute approximate surface area is 286 Å². The highest BCUT2D eigenvalue weighted by atomic mass is 16.4. The maximum absolute atomic E-state index is 6.26. The Morgan fingerprint density at radius 3 is 1.02 bits per heavy atom. The number of benzene rings is 7. The first-order valence-corrected chi connectivity index (χ1v) is 16.3. The van der Waals surface area contributed by atoms with Gasteiger partial charge in [0.05, 0.1) is 0 Å². The SMILES string of the molecule is c1ccc(N(c2ccccc2)c2ccc(-c3nnc(-c4ccc([N+](c5ccccc5)(c5ccccc5)c5ccccc5)cc4)o3)cc2)cc1. The molecule has 0 amide bonds. The van der Waals surface area contributed by atoms with Crippen molar-refractivity contribution >= 4 is 39.8 Å². The summed E-state index contributed by atoms with van der Waals surface area (Å²) in [6.07, 6.45) is 0. The molecule has 0 radical (unpaired) electrons. The molecule has 5 heteroatoms. The van der Waals surface area contributed by atoms with Gasteiger partial charge in [-0.1, -0.05) is 91.0 Å². The van der Waals surface area contributed by atoms with Crippen molar-refractivity contribution in [3.63, 3.8) is 0 Å². The molecule has 0 unspecified atom stereocenters. The van der Waals surface area contributed by atoms with Crippen molar-refractivity contribution in [2.45, 2.75) is 0 Å². The fourth-order valence-corrected chi connectivity index (χ4v) is 6.49. The van der Waals surface area contributed by atoms with Crippen molar-refractivity contribution in [1.82, 2.24) is 14.7 Å². The van der Waals surface area contributed by atoms with E-state index in [1.807, 2.05) is 24.3 Å². The topological polar surface area (TPSA) is 42.2 Å². The standard InChI is InChI=1S/C44H33N4O/c1-6-16-36(17-7-1)47(37-18-8-2-9-19-37)38-30-26-34(27-31-38)43-45-46-44(49-43)35-28-32-42(33-29-35)48(39-20-10-3-11-21-39,40-22-12-4-13-23-40)41-24-14-5-15-25-41/h1-33H/q+1. The van der Waals surface area contributed by atoms with Gasteiger partial charge in [0.15, 0.2) is 0 Å². The molecule has 1 heterocycles. The number of nitrogens with zero attached hydrogens (tertiary/aromatic N) is 4. The second-order valence-corrected chi connectivity index (χ2v) is 11.7. The summed E-state index contributed by atoms with van der Waals surface area (Å²) < 4.78 is 6.69. The molecule has 0 bridgehead atoms. The molecular formula is C44H33N4O+. The van der Waals surface area contributed by atoms with E-state index in [0.717, 1.165) is 50.9 Å². The summed E-state index contributed by atoms with van der Waals surface area (Å²) in [6, 6.07) is 69.2. The van der Waals surface area contributed by atoms with E-state index < -0.39 is 0 Å². The van der Waals surface area contributed by atoms with E-state index in [0.29, 0.717) is 16.3 Å². The highest BCUT2D eigenvalue weighted by Crippen LogP contribution is 2.51. The molecule has 1 aromatic heterocycles. The number of hydrogen-bond donors (Lipinski definition) is 0. The van der Waals surface area contributed by atoms with Crippen LogP contribution in [0.25, 0.3) is 22.9 Å². The van der Waals surface area contributed by atoms with Crippen LogP contribution in [0.2, 0.25) is 0 Å². The maximum Gasteiger partial charge on any atom is 0.248 e. The monoisotopic (exact) mass is 633 g/mol. The summed E-state index contributed by atoms with van der Waals surface area (Å²) in [5.41, 5.74) is 9.40. The number of para-hydroxylation sites is 5. The Hall–Kier alpha value is -6.56. The van der Waals surface area contributed by atoms with E-state index >= 15 is 0 Å². The molecule has 0 spiro atoms. The van der Waals surface area contributed by atoms with Gasteiger partial charge in [-0.3, -0.25) is 0 Å². The maximum atomic E-state index is 6.26. The fourth-order valence-electron chi connectivity index (χ4n) is 6.49. The lowest BCUT2D eigenvalue weighted by Gasteiger charge is -2.37. The zero-order valence-corrected chi connectivity index (χ0v) is 26.7. The third-order valence-electron chi connectivity index (χ3n) is 8.76. The average Bonchev–Trinajstić information content (AvgIpc) is 3.69. The number of quaternary nitrogens is 1. The van der Waals surface area contributed by atoms with Crippen molar-refractivity contribution < 1.29 is 4.42 Å². The second kappa shape index (κ2) is 13.3. The minimum Gasteiger partial charge on any atom is -0.416 e. The second-order valence-electron chi connectivity index (χ2n) is 11.7. The van der Waals surface area contributed by atoms with E-state index in [-0.39, 0.29) is 0 Å². The van der Waals surface area contributed by atoms with Crippen LogP contribution in [0.15, 0.2) is 205 Å². The lowest BCUT2D eigenvalue weighted by Crippen LogP contribution is -2.33. The Morgan fingerprint density at radius 2 is 0.633 bits per heavy atom. The van der Waals surface area contributed by atoms with Gasteiger partial charge < -0.3 is 9.32 Å². The lowest BCUT2D eigenvalue weighted by atomic mass is 10.0. The van der Waals surface area contributed by atoms with E-state index in [1.165, 1.54) is 0 Å². The molecule has 0 fully saturated rings. The molecule has 0 atom stereocenters. The summed E-state index contributed by atoms with van der Waals surface area (Å²) in [5.74, 6) is 0.942. The molecule has 0 saturated heterocycles. The quantitative estimate of drug-likeness (QED) is 0.148. The van der Waals surface area contributed by atoms with E-state index in [9.17, 15) is 0 Å². The minimum absolute atomic E-state index is 0.424. The van der Waals surface area contributed by atoms with Gasteiger partial charge in [0, 0.05) is 76.7 Å².